The van der Waals surface area contributed by atoms with E-state index in [4.69, 9.17) is 11.6 Å². The zero-order chi connectivity index (χ0) is 14.8. The molecule has 5 heteroatoms. The predicted octanol–water partition coefficient (Wildman–Crippen LogP) is 2.16. The molecule has 0 bridgehead atoms. The molecule has 3 rings (SSSR count). The van der Waals surface area contributed by atoms with Crippen molar-refractivity contribution in [3.05, 3.63) is 35.0 Å². The molecule has 1 aliphatic rings. The smallest absolute Gasteiger partial charge is 0.0705 e. The van der Waals surface area contributed by atoms with E-state index in [1.54, 1.807) is 0 Å². The Morgan fingerprint density at radius 3 is 2.90 bits per heavy atom. The van der Waals surface area contributed by atoms with Crippen molar-refractivity contribution in [3.8, 4) is 0 Å². The first-order valence-corrected chi connectivity index (χ1v) is 7.87. The first kappa shape index (κ1) is 14.9. The molecule has 0 spiro atoms. The van der Waals surface area contributed by atoms with Crippen LogP contribution in [-0.4, -0.2) is 61.1 Å². The van der Waals surface area contributed by atoms with Gasteiger partial charge in [0.05, 0.1) is 5.02 Å². The average Bonchev–Trinajstić information content (AvgIpc) is 2.80. The summed E-state index contributed by atoms with van der Waals surface area (Å²) in [5.74, 6) is 0. The van der Waals surface area contributed by atoms with Crippen molar-refractivity contribution in [1.29, 1.82) is 0 Å². The summed E-state index contributed by atoms with van der Waals surface area (Å²) in [6.07, 6.45) is 0. The van der Waals surface area contributed by atoms with E-state index in [2.05, 4.69) is 46.3 Å². The lowest BCUT2D eigenvalue weighted by Gasteiger charge is -2.37. The number of hydrogen-bond acceptors (Lipinski definition) is 3. The molecule has 0 amide bonds. The molecule has 21 heavy (non-hydrogen) atoms. The molecule has 1 fully saturated rings. The summed E-state index contributed by atoms with van der Waals surface area (Å²) >= 11 is 6.44. The maximum Gasteiger partial charge on any atom is 0.0705 e. The molecular weight excluding hydrogens is 284 g/mol. The molecule has 1 aliphatic heterocycles. The van der Waals surface area contributed by atoms with Crippen LogP contribution in [0.3, 0.4) is 0 Å². The van der Waals surface area contributed by atoms with Gasteiger partial charge in [-0.05, 0) is 20.2 Å². The number of fused-ring (bicyclic) bond motifs is 1. The first-order chi connectivity index (χ1) is 10.1. The number of aromatic nitrogens is 1. The van der Waals surface area contributed by atoms with Crippen molar-refractivity contribution >= 4 is 22.5 Å². The highest BCUT2D eigenvalue weighted by molar-refractivity contribution is 6.36. The molecule has 0 aliphatic carbocycles. The van der Waals surface area contributed by atoms with E-state index < -0.39 is 0 Å². The van der Waals surface area contributed by atoms with Crippen molar-refractivity contribution in [1.82, 2.24) is 20.1 Å². The molecule has 2 N–H and O–H groups in total. The molecule has 4 nitrogen and oxygen atoms in total. The molecule has 2 aromatic rings. The maximum absolute atomic E-state index is 6.44. The second-order valence-corrected chi connectivity index (χ2v) is 6.37. The Hall–Kier alpha value is -1.07. The fourth-order valence-corrected chi connectivity index (χ4v) is 3.25. The lowest BCUT2D eigenvalue weighted by molar-refractivity contribution is 0.113. The lowest BCUT2D eigenvalue weighted by Crippen LogP contribution is -2.53. The van der Waals surface area contributed by atoms with E-state index in [0.29, 0.717) is 6.04 Å². The number of nitrogens with zero attached hydrogens (tertiary/aromatic N) is 2. The average molecular weight is 307 g/mol. The van der Waals surface area contributed by atoms with Crippen LogP contribution in [-0.2, 0) is 6.54 Å². The van der Waals surface area contributed by atoms with Gasteiger partial charge in [-0.15, -0.1) is 0 Å². The van der Waals surface area contributed by atoms with Crippen molar-refractivity contribution in [2.75, 3.05) is 40.3 Å². The van der Waals surface area contributed by atoms with Gasteiger partial charge in [0, 0.05) is 55.4 Å². The molecule has 2 heterocycles. The van der Waals surface area contributed by atoms with Gasteiger partial charge in [-0.2, -0.15) is 0 Å². The minimum Gasteiger partial charge on any atom is -0.356 e. The van der Waals surface area contributed by atoms with Crippen molar-refractivity contribution in [2.24, 2.45) is 0 Å². The molecule has 1 saturated heterocycles. The van der Waals surface area contributed by atoms with Crippen LogP contribution in [0.1, 0.15) is 5.69 Å². The number of para-hydroxylation sites is 1. The van der Waals surface area contributed by atoms with Crippen LogP contribution in [0, 0.1) is 0 Å². The monoisotopic (exact) mass is 306 g/mol. The van der Waals surface area contributed by atoms with E-state index in [-0.39, 0.29) is 0 Å². The molecule has 1 aromatic carbocycles. The van der Waals surface area contributed by atoms with Crippen LogP contribution in [0.2, 0.25) is 5.02 Å². The number of nitrogens with one attached hydrogen (secondary N) is 2. The van der Waals surface area contributed by atoms with Crippen molar-refractivity contribution in [3.63, 3.8) is 0 Å². The summed E-state index contributed by atoms with van der Waals surface area (Å²) in [6.45, 7) is 5.16. The van der Waals surface area contributed by atoms with E-state index in [1.807, 2.05) is 12.1 Å². The summed E-state index contributed by atoms with van der Waals surface area (Å²) < 4.78 is 0. The Morgan fingerprint density at radius 2 is 2.10 bits per heavy atom. The van der Waals surface area contributed by atoms with Crippen molar-refractivity contribution < 1.29 is 0 Å². The molecule has 0 radical (unpaired) electrons. The van der Waals surface area contributed by atoms with Crippen LogP contribution in [0.5, 0.6) is 0 Å². The van der Waals surface area contributed by atoms with E-state index in [1.165, 1.54) is 0 Å². The molecule has 1 atom stereocenters. The number of hydrogen-bond donors (Lipinski definition) is 2. The van der Waals surface area contributed by atoms with Gasteiger partial charge in [-0.1, -0.05) is 29.8 Å². The Labute approximate surface area is 131 Å². The standard InChI is InChI=1S/C16H23ClN4/c1-20-7-8-21(2)12(11-20)9-18-10-15-16(17)13-5-3-4-6-14(13)19-15/h3-6,12,18-19H,7-11H2,1-2H3. The maximum atomic E-state index is 6.44. The van der Waals surface area contributed by atoms with Crippen molar-refractivity contribution in [2.45, 2.75) is 12.6 Å². The van der Waals surface area contributed by atoms with Crippen LogP contribution in [0.4, 0.5) is 0 Å². The van der Waals surface area contributed by atoms with Crippen LogP contribution >= 0.6 is 11.6 Å². The number of H-pyrrole nitrogens is 1. The van der Waals surface area contributed by atoms with Gasteiger partial charge in [0.1, 0.15) is 0 Å². The highest BCUT2D eigenvalue weighted by Crippen LogP contribution is 2.26. The fourth-order valence-electron chi connectivity index (χ4n) is 2.97. The third kappa shape index (κ3) is 3.24. The van der Waals surface area contributed by atoms with Gasteiger partial charge in [0.15, 0.2) is 0 Å². The predicted molar refractivity (Wildman–Crippen MR) is 88.9 cm³/mol. The van der Waals surface area contributed by atoms with Gasteiger partial charge in [0.25, 0.3) is 0 Å². The minimum atomic E-state index is 0.562. The number of aromatic amines is 1. The largest absolute Gasteiger partial charge is 0.356 e. The second-order valence-electron chi connectivity index (χ2n) is 5.99. The Balaban J connectivity index is 1.60. The number of benzene rings is 1. The molecular formula is C16H23ClN4. The highest BCUT2D eigenvalue weighted by atomic mass is 35.5. The molecule has 1 aromatic heterocycles. The van der Waals surface area contributed by atoms with Gasteiger partial charge in [-0.3, -0.25) is 4.90 Å². The summed E-state index contributed by atoms with van der Waals surface area (Å²) in [6, 6.07) is 8.73. The summed E-state index contributed by atoms with van der Waals surface area (Å²) in [7, 11) is 4.39. The fraction of sp³-hybridized carbons (Fsp3) is 0.500. The normalized spacial score (nSPS) is 21.2. The topological polar surface area (TPSA) is 34.3 Å². The highest BCUT2D eigenvalue weighted by Gasteiger charge is 2.21. The van der Waals surface area contributed by atoms with Crippen LogP contribution < -0.4 is 5.32 Å². The van der Waals surface area contributed by atoms with Crippen LogP contribution in [0.25, 0.3) is 10.9 Å². The van der Waals surface area contributed by atoms with Gasteiger partial charge in [-0.25, -0.2) is 0 Å². The third-order valence-electron chi connectivity index (χ3n) is 4.38. The minimum absolute atomic E-state index is 0.562. The summed E-state index contributed by atoms with van der Waals surface area (Å²) in [4.78, 5) is 8.22. The number of halogens is 1. The quantitative estimate of drug-likeness (QED) is 0.908. The third-order valence-corrected chi connectivity index (χ3v) is 4.81. The molecule has 114 valence electrons. The Kier molecular flexibility index (Phi) is 4.50. The first-order valence-electron chi connectivity index (χ1n) is 7.49. The van der Waals surface area contributed by atoms with Gasteiger partial charge < -0.3 is 15.2 Å². The zero-order valence-electron chi connectivity index (χ0n) is 12.7. The number of likely N-dealkylation sites (N-methyl/N-ethyl adjacent to an activating group) is 2. The summed E-state index contributed by atoms with van der Waals surface area (Å²) in [5, 5.41) is 5.48. The second kappa shape index (κ2) is 6.36. The zero-order valence-corrected chi connectivity index (χ0v) is 13.5. The van der Waals surface area contributed by atoms with Gasteiger partial charge >= 0.3 is 0 Å². The SMILES string of the molecule is CN1CCN(C)C(CNCc2[nH]c3ccccc3c2Cl)C1. The number of piperazine rings is 1. The number of rotatable bonds is 4. The molecule has 0 saturated carbocycles. The van der Waals surface area contributed by atoms with Crippen LogP contribution in [0.15, 0.2) is 24.3 Å². The van der Waals surface area contributed by atoms with E-state index in [9.17, 15) is 0 Å². The van der Waals surface area contributed by atoms with E-state index in [0.717, 1.165) is 54.3 Å². The summed E-state index contributed by atoms with van der Waals surface area (Å²) in [5.41, 5.74) is 2.18. The van der Waals surface area contributed by atoms with E-state index >= 15 is 0 Å². The Morgan fingerprint density at radius 1 is 1.29 bits per heavy atom. The lowest BCUT2D eigenvalue weighted by atomic mass is 10.2. The van der Waals surface area contributed by atoms with Gasteiger partial charge in [0.2, 0.25) is 0 Å². The Bertz CT molecular complexity index is 609. The molecule has 1 unspecified atom stereocenters.